The average molecular weight is 312 g/mol. The van der Waals surface area contributed by atoms with Crippen LogP contribution in [0.1, 0.15) is 27.0 Å². The van der Waals surface area contributed by atoms with E-state index in [0.29, 0.717) is 5.78 Å². The molecule has 0 heterocycles. The van der Waals surface area contributed by atoms with Crippen LogP contribution in [-0.4, -0.2) is 5.78 Å². The zero-order valence-corrected chi connectivity index (χ0v) is 13.8. The molecule has 1 aliphatic rings. The van der Waals surface area contributed by atoms with Gasteiger partial charge in [-0.15, -0.1) is 0 Å². The van der Waals surface area contributed by atoms with E-state index in [1.807, 2.05) is 18.2 Å². The van der Waals surface area contributed by atoms with Gasteiger partial charge in [0.15, 0.2) is 5.78 Å². The Labute approximate surface area is 143 Å². The van der Waals surface area contributed by atoms with E-state index >= 15 is 0 Å². The predicted molar refractivity (Wildman–Crippen MR) is 98.3 cm³/mol. The van der Waals surface area contributed by atoms with Crippen LogP contribution in [0, 0.1) is 12.8 Å². The summed E-state index contributed by atoms with van der Waals surface area (Å²) in [7, 11) is 0. The van der Waals surface area contributed by atoms with Crippen molar-refractivity contribution in [2.24, 2.45) is 5.92 Å². The van der Waals surface area contributed by atoms with Crippen LogP contribution < -0.4 is 0 Å². The van der Waals surface area contributed by atoms with Gasteiger partial charge in [0.1, 0.15) is 0 Å². The van der Waals surface area contributed by atoms with E-state index in [9.17, 15) is 4.79 Å². The molecule has 3 aromatic rings. The molecule has 0 radical (unpaired) electrons. The van der Waals surface area contributed by atoms with Gasteiger partial charge in [-0.2, -0.15) is 0 Å². The largest absolute Gasteiger partial charge is 0.294 e. The highest BCUT2D eigenvalue weighted by molar-refractivity contribution is 6.04. The third-order valence-corrected chi connectivity index (χ3v) is 4.95. The van der Waals surface area contributed by atoms with Gasteiger partial charge in [-0.25, -0.2) is 0 Å². The molecule has 0 N–H and O–H groups in total. The molecular weight excluding hydrogens is 292 g/mol. The monoisotopic (exact) mass is 312 g/mol. The molecule has 0 aromatic heterocycles. The third-order valence-electron chi connectivity index (χ3n) is 4.95. The number of Topliss-reactive ketones (excluding diaryl/α,β-unsaturated/α-hetero) is 1. The van der Waals surface area contributed by atoms with Crippen LogP contribution in [0.25, 0.3) is 11.1 Å². The second-order valence-corrected chi connectivity index (χ2v) is 6.65. The fourth-order valence-corrected chi connectivity index (χ4v) is 3.66. The van der Waals surface area contributed by atoms with Gasteiger partial charge in [-0.3, -0.25) is 4.79 Å². The maximum absolute atomic E-state index is 12.9. The smallest absolute Gasteiger partial charge is 0.166 e. The van der Waals surface area contributed by atoms with E-state index in [2.05, 4.69) is 61.5 Å². The van der Waals surface area contributed by atoms with Gasteiger partial charge in [0, 0.05) is 11.5 Å². The molecule has 118 valence electrons. The first-order chi connectivity index (χ1) is 11.7. The topological polar surface area (TPSA) is 17.1 Å². The number of carbonyl (C=O) groups excluding carboxylic acids is 1. The maximum atomic E-state index is 12.9. The normalized spacial score (nSPS) is 16.2. The van der Waals surface area contributed by atoms with Gasteiger partial charge in [-0.1, -0.05) is 78.4 Å². The van der Waals surface area contributed by atoms with Gasteiger partial charge in [0.25, 0.3) is 0 Å². The summed E-state index contributed by atoms with van der Waals surface area (Å²) >= 11 is 0. The van der Waals surface area contributed by atoms with Gasteiger partial charge >= 0.3 is 0 Å². The van der Waals surface area contributed by atoms with Gasteiger partial charge in [-0.05, 0) is 42.0 Å². The molecule has 0 aliphatic heterocycles. The van der Waals surface area contributed by atoms with Crippen LogP contribution in [-0.2, 0) is 12.8 Å². The van der Waals surface area contributed by atoms with E-state index in [1.54, 1.807) is 0 Å². The van der Waals surface area contributed by atoms with E-state index in [4.69, 9.17) is 0 Å². The van der Waals surface area contributed by atoms with Crippen LogP contribution >= 0.6 is 0 Å². The number of hydrogen-bond donors (Lipinski definition) is 0. The van der Waals surface area contributed by atoms with Crippen molar-refractivity contribution in [3.8, 4) is 11.1 Å². The quantitative estimate of drug-likeness (QED) is 0.644. The molecule has 0 bridgehead atoms. The Morgan fingerprint density at radius 1 is 0.833 bits per heavy atom. The first-order valence-corrected chi connectivity index (χ1v) is 8.49. The Morgan fingerprint density at radius 3 is 2.29 bits per heavy atom. The van der Waals surface area contributed by atoms with E-state index in [0.717, 1.165) is 18.4 Å². The lowest BCUT2D eigenvalue weighted by Gasteiger charge is -2.09. The Kier molecular flexibility index (Phi) is 3.78. The Morgan fingerprint density at radius 2 is 1.54 bits per heavy atom. The number of aryl methyl sites for hydroxylation is 1. The minimum Gasteiger partial charge on any atom is -0.294 e. The standard InChI is InChI=1S/C23H20O/c1-16-10-12-17(13-11-16)14-19-15-22-20(18-6-3-2-4-7-18)8-5-9-21(22)23(19)24/h2-13,19H,14-15H2,1H3. The van der Waals surface area contributed by atoms with Crippen LogP contribution in [0.5, 0.6) is 0 Å². The van der Waals surface area contributed by atoms with Crippen LogP contribution in [0.2, 0.25) is 0 Å². The summed E-state index contributed by atoms with van der Waals surface area (Å²) in [6, 6.07) is 25.0. The highest BCUT2D eigenvalue weighted by atomic mass is 16.1. The second kappa shape index (κ2) is 6.09. The maximum Gasteiger partial charge on any atom is 0.166 e. The molecule has 0 amide bonds. The number of fused-ring (bicyclic) bond motifs is 1. The zero-order chi connectivity index (χ0) is 16.5. The van der Waals surface area contributed by atoms with Crippen molar-refractivity contribution in [1.82, 2.24) is 0 Å². The van der Waals surface area contributed by atoms with Crippen molar-refractivity contribution >= 4 is 5.78 Å². The van der Waals surface area contributed by atoms with Crippen molar-refractivity contribution < 1.29 is 4.79 Å². The summed E-state index contributed by atoms with van der Waals surface area (Å²) in [5.41, 5.74) is 7.02. The molecule has 24 heavy (non-hydrogen) atoms. The molecule has 0 fully saturated rings. The van der Waals surface area contributed by atoms with Crippen LogP contribution in [0.3, 0.4) is 0 Å². The lowest BCUT2D eigenvalue weighted by Crippen LogP contribution is -2.12. The molecule has 1 aliphatic carbocycles. The first-order valence-electron chi connectivity index (χ1n) is 8.49. The van der Waals surface area contributed by atoms with E-state index < -0.39 is 0 Å². The molecule has 1 nitrogen and oxygen atoms in total. The molecule has 1 unspecified atom stereocenters. The molecule has 1 atom stereocenters. The molecule has 1 heteroatoms. The second-order valence-electron chi connectivity index (χ2n) is 6.65. The number of benzene rings is 3. The number of carbonyl (C=O) groups is 1. The highest BCUT2D eigenvalue weighted by Crippen LogP contribution is 2.36. The Bertz CT molecular complexity index is 876. The summed E-state index contributed by atoms with van der Waals surface area (Å²) in [5, 5.41) is 0. The van der Waals surface area contributed by atoms with Crippen LogP contribution in [0.4, 0.5) is 0 Å². The van der Waals surface area contributed by atoms with E-state index in [-0.39, 0.29) is 5.92 Å². The number of rotatable bonds is 3. The lowest BCUT2D eigenvalue weighted by atomic mass is 9.94. The number of ketones is 1. The van der Waals surface area contributed by atoms with Crippen molar-refractivity contribution in [3.63, 3.8) is 0 Å². The summed E-state index contributed by atoms with van der Waals surface area (Å²) < 4.78 is 0. The molecular formula is C23H20O. The lowest BCUT2D eigenvalue weighted by molar-refractivity contribution is 0.0936. The molecule has 0 spiro atoms. The van der Waals surface area contributed by atoms with Crippen molar-refractivity contribution in [2.75, 3.05) is 0 Å². The summed E-state index contributed by atoms with van der Waals surface area (Å²) in [6.07, 6.45) is 1.66. The summed E-state index contributed by atoms with van der Waals surface area (Å²) in [6.45, 7) is 2.09. The average Bonchev–Trinajstić information content (AvgIpc) is 2.94. The van der Waals surface area contributed by atoms with Crippen molar-refractivity contribution in [3.05, 3.63) is 95.1 Å². The third kappa shape index (κ3) is 2.67. The minimum atomic E-state index is 0.0626. The molecule has 0 saturated carbocycles. The Hall–Kier alpha value is -2.67. The highest BCUT2D eigenvalue weighted by Gasteiger charge is 2.32. The molecule has 3 aromatic carbocycles. The number of hydrogen-bond acceptors (Lipinski definition) is 1. The summed E-state index contributed by atoms with van der Waals surface area (Å²) in [5.74, 6) is 0.357. The van der Waals surface area contributed by atoms with Gasteiger partial charge in [0.2, 0.25) is 0 Å². The summed E-state index contributed by atoms with van der Waals surface area (Å²) in [4.78, 5) is 12.9. The van der Waals surface area contributed by atoms with Crippen molar-refractivity contribution in [2.45, 2.75) is 19.8 Å². The minimum absolute atomic E-state index is 0.0626. The van der Waals surface area contributed by atoms with Gasteiger partial charge in [0.05, 0.1) is 0 Å². The molecule has 0 saturated heterocycles. The predicted octanol–water partition coefficient (Wildman–Crippen LogP) is 5.26. The van der Waals surface area contributed by atoms with E-state index in [1.165, 1.54) is 27.8 Å². The van der Waals surface area contributed by atoms with Gasteiger partial charge < -0.3 is 0 Å². The zero-order valence-electron chi connectivity index (χ0n) is 13.8. The Balaban J connectivity index is 1.66. The fraction of sp³-hybridized carbons (Fsp3) is 0.174. The van der Waals surface area contributed by atoms with Crippen LogP contribution in [0.15, 0.2) is 72.8 Å². The first kappa shape index (κ1) is 14.9. The fourth-order valence-electron chi connectivity index (χ4n) is 3.66. The SMILES string of the molecule is Cc1ccc(CC2Cc3c(cccc3-c3ccccc3)C2=O)cc1. The van der Waals surface area contributed by atoms with Crippen molar-refractivity contribution in [1.29, 1.82) is 0 Å². The molecule has 4 rings (SSSR count).